The second-order valence-corrected chi connectivity index (χ2v) is 6.90. The fourth-order valence-corrected chi connectivity index (χ4v) is 2.83. The quantitative estimate of drug-likeness (QED) is 0.842. The van der Waals surface area contributed by atoms with Gasteiger partial charge in [-0.25, -0.2) is 0 Å². The fourth-order valence-electron chi connectivity index (χ4n) is 1.40. The molecule has 1 heterocycles. The molecule has 1 amide bonds. The third-order valence-electron chi connectivity index (χ3n) is 2.27. The zero-order valence-electron chi connectivity index (χ0n) is 9.77. The molecule has 1 aromatic heterocycles. The van der Waals surface area contributed by atoms with Crippen molar-refractivity contribution in [2.24, 2.45) is 5.73 Å². The van der Waals surface area contributed by atoms with Gasteiger partial charge in [0.1, 0.15) is 0 Å². The summed E-state index contributed by atoms with van der Waals surface area (Å²) < 4.78 is 0.957. The summed E-state index contributed by atoms with van der Waals surface area (Å²) in [6.45, 7) is 4.54. The van der Waals surface area contributed by atoms with E-state index in [4.69, 9.17) is 18.0 Å². The second-order valence-electron chi connectivity index (χ2n) is 3.91. The summed E-state index contributed by atoms with van der Waals surface area (Å²) in [6, 6.07) is 3.84. The van der Waals surface area contributed by atoms with Crippen molar-refractivity contribution >= 4 is 50.4 Å². The predicted molar refractivity (Wildman–Crippen MR) is 79.6 cm³/mol. The van der Waals surface area contributed by atoms with Gasteiger partial charge in [-0.1, -0.05) is 12.2 Å². The van der Waals surface area contributed by atoms with Gasteiger partial charge >= 0.3 is 0 Å². The van der Waals surface area contributed by atoms with Crippen LogP contribution in [0.3, 0.4) is 0 Å². The molecule has 0 aliphatic rings. The van der Waals surface area contributed by atoms with Gasteiger partial charge < -0.3 is 10.6 Å². The molecule has 94 valence electrons. The van der Waals surface area contributed by atoms with Gasteiger partial charge in [-0.3, -0.25) is 4.79 Å². The van der Waals surface area contributed by atoms with E-state index in [1.54, 1.807) is 4.90 Å². The molecule has 0 radical (unpaired) electrons. The van der Waals surface area contributed by atoms with Gasteiger partial charge in [0.2, 0.25) is 0 Å². The van der Waals surface area contributed by atoms with Crippen LogP contribution in [0.2, 0.25) is 0 Å². The molecule has 0 saturated heterocycles. The van der Waals surface area contributed by atoms with Crippen LogP contribution in [-0.4, -0.2) is 28.4 Å². The van der Waals surface area contributed by atoms with Gasteiger partial charge in [0, 0.05) is 19.0 Å². The fraction of sp³-hybridized carbons (Fsp3) is 0.455. The molecule has 1 rings (SSSR count). The van der Waals surface area contributed by atoms with Crippen LogP contribution in [-0.2, 0) is 0 Å². The van der Waals surface area contributed by atoms with Gasteiger partial charge in [0.05, 0.1) is 13.7 Å². The standard InChI is InChI=1S/C11H15BrN2OS2/c1-7(2)14(6-5-10(13)16)11(15)8-3-4-9(12)17-8/h3-4,7H,5-6H2,1-2H3,(H2,13,16). The summed E-state index contributed by atoms with van der Waals surface area (Å²) >= 11 is 9.64. The van der Waals surface area contributed by atoms with Gasteiger partial charge in [-0.15, -0.1) is 11.3 Å². The third-order valence-corrected chi connectivity index (χ3v) is 4.08. The monoisotopic (exact) mass is 334 g/mol. The summed E-state index contributed by atoms with van der Waals surface area (Å²) in [5.41, 5.74) is 5.47. The van der Waals surface area contributed by atoms with Crippen molar-refractivity contribution in [2.75, 3.05) is 6.54 Å². The molecule has 17 heavy (non-hydrogen) atoms. The Morgan fingerprint density at radius 3 is 2.65 bits per heavy atom. The smallest absolute Gasteiger partial charge is 0.264 e. The van der Waals surface area contributed by atoms with Crippen LogP contribution in [0.5, 0.6) is 0 Å². The highest BCUT2D eigenvalue weighted by atomic mass is 79.9. The number of hydrogen-bond donors (Lipinski definition) is 1. The maximum Gasteiger partial charge on any atom is 0.264 e. The minimum atomic E-state index is 0.0342. The van der Waals surface area contributed by atoms with Crippen molar-refractivity contribution < 1.29 is 4.79 Å². The Balaban J connectivity index is 2.77. The lowest BCUT2D eigenvalue weighted by molar-refractivity contribution is 0.0716. The SMILES string of the molecule is CC(C)N(CCC(N)=S)C(=O)c1ccc(Br)s1. The van der Waals surface area contributed by atoms with Crippen molar-refractivity contribution in [1.82, 2.24) is 4.90 Å². The van der Waals surface area contributed by atoms with Gasteiger partial charge in [0.25, 0.3) is 5.91 Å². The number of hydrogen-bond acceptors (Lipinski definition) is 3. The Hall–Kier alpha value is -0.460. The van der Waals surface area contributed by atoms with E-state index >= 15 is 0 Å². The van der Waals surface area contributed by atoms with Crippen LogP contribution in [0.15, 0.2) is 15.9 Å². The zero-order valence-corrected chi connectivity index (χ0v) is 13.0. The first kappa shape index (κ1) is 14.6. The van der Waals surface area contributed by atoms with E-state index in [2.05, 4.69) is 15.9 Å². The van der Waals surface area contributed by atoms with E-state index in [-0.39, 0.29) is 11.9 Å². The van der Waals surface area contributed by atoms with Crippen molar-refractivity contribution in [3.05, 3.63) is 20.8 Å². The molecule has 3 nitrogen and oxygen atoms in total. The van der Waals surface area contributed by atoms with E-state index in [1.165, 1.54) is 11.3 Å². The molecule has 6 heteroatoms. The Kier molecular flexibility index (Phi) is 5.55. The summed E-state index contributed by atoms with van der Waals surface area (Å²) in [5.74, 6) is 0.0342. The lowest BCUT2D eigenvalue weighted by Crippen LogP contribution is -2.38. The molecule has 2 N–H and O–H groups in total. The highest BCUT2D eigenvalue weighted by Gasteiger charge is 2.20. The molecule has 0 saturated carbocycles. The molecule has 0 bridgehead atoms. The average molecular weight is 335 g/mol. The molecule has 1 aromatic rings. The molecule has 0 aromatic carbocycles. The predicted octanol–water partition coefficient (Wildman–Crippen LogP) is 3.04. The number of thiophene rings is 1. The van der Waals surface area contributed by atoms with E-state index < -0.39 is 0 Å². The van der Waals surface area contributed by atoms with Gasteiger partial charge in [-0.2, -0.15) is 0 Å². The first-order valence-corrected chi connectivity index (χ1v) is 7.28. The highest BCUT2D eigenvalue weighted by Crippen LogP contribution is 2.24. The van der Waals surface area contributed by atoms with Crippen molar-refractivity contribution in [3.8, 4) is 0 Å². The third kappa shape index (κ3) is 4.37. The molecule has 0 spiro atoms. The number of amides is 1. The van der Waals surface area contributed by atoms with E-state index in [9.17, 15) is 4.79 Å². The Morgan fingerprint density at radius 2 is 2.24 bits per heavy atom. The van der Waals surface area contributed by atoms with E-state index in [0.29, 0.717) is 18.0 Å². The Morgan fingerprint density at radius 1 is 1.59 bits per heavy atom. The molecular formula is C11H15BrN2OS2. The summed E-state index contributed by atoms with van der Waals surface area (Å²) in [6.07, 6.45) is 0.561. The average Bonchev–Trinajstić information content (AvgIpc) is 2.63. The number of halogens is 1. The van der Waals surface area contributed by atoms with Gasteiger partial charge in [0.15, 0.2) is 0 Å². The highest BCUT2D eigenvalue weighted by molar-refractivity contribution is 9.11. The first-order chi connectivity index (χ1) is 7.91. The number of thiocarbonyl (C=S) groups is 1. The van der Waals surface area contributed by atoms with Crippen LogP contribution in [0.1, 0.15) is 29.9 Å². The molecule has 0 atom stereocenters. The lowest BCUT2D eigenvalue weighted by Gasteiger charge is -2.26. The number of carbonyl (C=O) groups excluding carboxylic acids is 1. The first-order valence-electron chi connectivity index (χ1n) is 5.26. The van der Waals surface area contributed by atoms with Gasteiger partial charge in [-0.05, 0) is 41.9 Å². The van der Waals surface area contributed by atoms with E-state index in [0.717, 1.165) is 8.66 Å². The number of carbonyl (C=O) groups is 1. The molecule has 0 aliphatic heterocycles. The zero-order chi connectivity index (χ0) is 13.0. The van der Waals surface area contributed by atoms with Crippen LogP contribution in [0, 0.1) is 0 Å². The van der Waals surface area contributed by atoms with Crippen molar-refractivity contribution in [1.29, 1.82) is 0 Å². The number of rotatable bonds is 5. The minimum absolute atomic E-state index is 0.0342. The Bertz CT molecular complexity index is 417. The molecule has 0 aliphatic carbocycles. The Labute approximate surface area is 119 Å². The second kappa shape index (κ2) is 6.47. The maximum absolute atomic E-state index is 12.2. The summed E-state index contributed by atoms with van der Waals surface area (Å²) in [5, 5.41) is 0. The number of nitrogens with zero attached hydrogens (tertiary/aromatic N) is 1. The van der Waals surface area contributed by atoms with Crippen molar-refractivity contribution in [3.63, 3.8) is 0 Å². The minimum Gasteiger partial charge on any atom is -0.393 e. The van der Waals surface area contributed by atoms with Crippen LogP contribution in [0.25, 0.3) is 0 Å². The molecule has 0 fully saturated rings. The van der Waals surface area contributed by atoms with Crippen LogP contribution in [0.4, 0.5) is 0 Å². The molecule has 0 unspecified atom stereocenters. The number of nitrogens with two attached hydrogens (primary N) is 1. The van der Waals surface area contributed by atoms with Crippen LogP contribution >= 0.6 is 39.5 Å². The van der Waals surface area contributed by atoms with E-state index in [1.807, 2.05) is 26.0 Å². The summed E-state index contributed by atoms with van der Waals surface area (Å²) in [4.78, 5) is 15.2. The lowest BCUT2D eigenvalue weighted by atomic mass is 10.2. The summed E-state index contributed by atoms with van der Waals surface area (Å²) in [7, 11) is 0. The van der Waals surface area contributed by atoms with Crippen LogP contribution < -0.4 is 5.73 Å². The normalized spacial score (nSPS) is 10.6. The topological polar surface area (TPSA) is 46.3 Å². The molecular weight excluding hydrogens is 320 g/mol. The maximum atomic E-state index is 12.2. The largest absolute Gasteiger partial charge is 0.393 e. The van der Waals surface area contributed by atoms with Crippen molar-refractivity contribution in [2.45, 2.75) is 26.3 Å².